The normalized spacial score (nSPS) is 13.2. The average molecular weight is 268 g/mol. The number of imidazole rings is 1. The molecule has 0 bridgehead atoms. The van der Waals surface area contributed by atoms with Crippen LogP contribution in [0.1, 0.15) is 0 Å². The van der Waals surface area contributed by atoms with Crippen LogP contribution in [0, 0.1) is 0 Å². The SMILES string of the molecule is CN(C)OS(=O)N=c1n(C)c2ccccc2n1C. The van der Waals surface area contributed by atoms with Gasteiger partial charge in [0.15, 0.2) is 0 Å². The van der Waals surface area contributed by atoms with E-state index >= 15 is 0 Å². The minimum absolute atomic E-state index is 0.594. The van der Waals surface area contributed by atoms with Crippen molar-refractivity contribution in [1.82, 2.24) is 14.2 Å². The molecule has 1 heterocycles. The van der Waals surface area contributed by atoms with Gasteiger partial charge in [0.25, 0.3) is 0 Å². The van der Waals surface area contributed by atoms with Gasteiger partial charge in [-0.2, -0.15) is 9.35 Å². The first-order chi connectivity index (χ1) is 8.50. The molecule has 0 aliphatic carbocycles. The van der Waals surface area contributed by atoms with Crippen LogP contribution >= 0.6 is 0 Å². The lowest BCUT2D eigenvalue weighted by molar-refractivity contribution is 0.0137. The lowest BCUT2D eigenvalue weighted by Crippen LogP contribution is -2.24. The number of nitrogens with zero attached hydrogens (tertiary/aromatic N) is 4. The van der Waals surface area contributed by atoms with E-state index in [9.17, 15) is 4.21 Å². The molecule has 18 heavy (non-hydrogen) atoms. The molecule has 0 fully saturated rings. The molecule has 6 nitrogen and oxygen atoms in total. The molecule has 1 aromatic carbocycles. The van der Waals surface area contributed by atoms with Crippen molar-refractivity contribution in [2.75, 3.05) is 14.1 Å². The Hall–Kier alpha value is -1.44. The predicted octanol–water partition coefficient (Wildman–Crippen LogP) is 0.489. The summed E-state index contributed by atoms with van der Waals surface area (Å²) in [4.78, 5) is 0. The summed E-state index contributed by atoms with van der Waals surface area (Å²) >= 11 is -1.74. The highest BCUT2D eigenvalue weighted by Gasteiger charge is 2.07. The van der Waals surface area contributed by atoms with Gasteiger partial charge < -0.3 is 9.13 Å². The summed E-state index contributed by atoms with van der Waals surface area (Å²) < 4.78 is 24.5. The van der Waals surface area contributed by atoms with Crippen molar-refractivity contribution in [1.29, 1.82) is 0 Å². The second kappa shape index (κ2) is 5.05. The summed E-state index contributed by atoms with van der Waals surface area (Å²) in [6.45, 7) is 0. The lowest BCUT2D eigenvalue weighted by atomic mass is 10.3. The lowest BCUT2D eigenvalue weighted by Gasteiger charge is -2.04. The second-order valence-corrected chi connectivity index (χ2v) is 4.87. The standard InChI is InChI=1S/C11H16N4O2S/c1-13(2)17-18(16)12-11-14(3)9-7-5-6-8-10(9)15(11)4/h5-8H,1-4H3. The fraction of sp³-hybridized carbons (Fsp3) is 0.364. The number of hydroxylamine groups is 2. The average Bonchev–Trinajstić information content (AvgIpc) is 2.54. The van der Waals surface area contributed by atoms with Gasteiger partial charge in [0, 0.05) is 28.2 Å². The van der Waals surface area contributed by atoms with Crippen LogP contribution in [0.25, 0.3) is 11.0 Å². The van der Waals surface area contributed by atoms with Crippen molar-refractivity contribution >= 4 is 22.3 Å². The van der Waals surface area contributed by atoms with Gasteiger partial charge in [-0.1, -0.05) is 12.1 Å². The Balaban J connectivity index is 2.58. The second-order valence-electron chi connectivity index (χ2n) is 4.10. The number of aromatic nitrogens is 2. The molecule has 1 atom stereocenters. The van der Waals surface area contributed by atoms with Gasteiger partial charge in [0.1, 0.15) is 0 Å². The van der Waals surface area contributed by atoms with Gasteiger partial charge in [0.05, 0.1) is 11.0 Å². The summed E-state index contributed by atoms with van der Waals surface area (Å²) in [7, 11) is 7.09. The molecule has 0 aliphatic heterocycles. The molecule has 98 valence electrons. The zero-order chi connectivity index (χ0) is 13.3. The molecule has 0 amide bonds. The maximum atomic E-state index is 11.7. The van der Waals surface area contributed by atoms with E-state index in [0.717, 1.165) is 11.0 Å². The molecule has 1 unspecified atom stereocenters. The number of aryl methyl sites for hydroxylation is 2. The van der Waals surface area contributed by atoms with Gasteiger partial charge in [0.2, 0.25) is 5.62 Å². The fourth-order valence-corrected chi connectivity index (χ4v) is 2.47. The van der Waals surface area contributed by atoms with Crippen LogP contribution in [-0.2, 0) is 29.6 Å². The Morgan fingerprint density at radius 1 is 1.17 bits per heavy atom. The van der Waals surface area contributed by atoms with E-state index in [1.807, 2.05) is 47.5 Å². The van der Waals surface area contributed by atoms with Gasteiger partial charge >= 0.3 is 11.3 Å². The third-order valence-corrected chi connectivity index (χ3v) is 3.31. The number of fused-ring (bicyclic) bond motifs is 1. The molecule has 2 aromatic rings. The third kappa shape index (κ3) is 2.38. The maximum absolute atomic E-state index is 11.7. The van der Waals surface area contributed by atoms with Crippen LogP contribution in [0.3, 0.4) is 0 Å². The van der Waals surface area contributed by atoms with Crippen LogP contribution in [0.4, 0.5) is 0 Å². The monoisotopic (exact) mass is 268 g/mol. The highest BCUT2D eigenvalue weighted by atomic mass is 32.2. The van der Waals surface area contributed by atoms with E-state index in [2.05, 4.69) is 4.40 Å². The molecule has 0 spiro atoms. The van der Waals surface area contributed by atoms with Crippen LogP contribution in [-0.4, -0.2) is 32.5 Å². The van der Waals surface area contributed by atoms with Crippen molar-refractivity contribution in [2.45, 2.75) is 0 Å². The first kappa shape index (κ1) is 13.0. The van der Waals surface area contributed by atoms with Gasteiger partial charge in [-0.3, -0.25) is 0 Å². The topological polar surface area (TPSA) is 51.8 Å². The van der Waals surface area contributed by atoms with Crippen molar-refractivity contribution in [3.63, 3.8) is 0 Å². The van der Waals surface area contributed by atoms with Crippen molar-refractivity contribution in [3.8, 4) is 0 Å². The Morgan fingerprint density at radius 3 is 2.11 bits per heavy atom. The molecular weight excluding hydrogens is 252 g/mol. The Kier molecular flexibility index (Phi) is 3.65. The summed E-state index contributed by atoms with van der Waals surface area (Å²) in [6.07, 6.45) is 0. The van der Waals surface area contributed by atoms with E-state index in [0.29, 0.717) is 5.62 Å². The number of rotatable bonds is 3. The number of para-hydroxylation sites is 2. The van der Waals surface area contributed by atoms with E-state index in [-0.39, 0.29) is 0 Å². The Bertz CT molecular complexity index is 615. The van der Waals surface area contributed by atoms with Crippen molar-refractivity contribution in [2.24, 2.45) is 18.5 Å². The van der Waals surface area contributed by atoms with E-state index in [4.69, 9.17) is 4.28 Å². The molecule has 0 saturated carbocycles. The molecular formula is C11H16N4O2S. The third-order valence-electron chi connectivity index (χ3n) is 2.57. The van der Waals surface area contributed by atoms with Crippen molar-refractivity contribution < 1.29 is 8.49 Å². The molecule has 0 saturated heterocycles. The molecule has 0 aliphatic rings. The summed E-state index contributed by atoms with van der Waals surface area (Å²) in [6, 6.07) is 7.90. The number of benzene rings is 1. The molecule has 7 heteroatoms. The van der Waals surface area contributed by atoms with Crippen LogP contribution in [0.2, 0.25) is 0 Å². The molecule has 1 aromatic heterocycles. The Morgan fingerprint density at radius 2 is 1.67 bits per heavy atom. The highest BCUT2D eigenvalue weighted by molar-refractivity contribution is 7.78. The predicted molar refractivity (Wildman–Crippen MR) is 70.4 cm³/mol. The summed E-state index contributed by atoms with van der Waals surface area (Å²) in [5, 5.41) is 1.36. The highest BCUT2D eigenvalue weighted by Crippen LogP contribution is 2.09. The summed E-state index contributed by atoms with van der Waals surface area (Å²) in [5.74, 6) is 0. The zero-order valence-electron chi connectivity index (χ0n) is 10.8. The van der Waals surface area contributed by atoms with Crippen LogP contribution in [0.5, 0.6) is 0 Å². The minimum atomic E-state index is -1.74. The largest absolute Gasteiger partial charge is 0.312 e. The quantitative estimate of drug-likeness (QED) is 0.761. The van der Waals surface area contributed by atoms with Crippen LogP contribution < -0.4 is 5.62 Å². The van der Waals surface area contributed by atoms with E-state index in [1.165, 1.54) is 5.06 Å². The number of hydrogen-bond acceptors (Lipinski definition) is 3. The van der Waals surface area contributed by atoms with E-state index in [1.54, 1.807) is 14.1 Å². The van der Waals surface area contributed by atoms with Crippen LogP contribution in [0.15, 0.2) is 28.7 Å². The van der Waals surface area contributed by atoms with Gasteiger partial charge in [-0.05, 0) is 12.1 Å². The smallest absolute Gasteiger partial charge is 0.305 e. The molecule has 0 N–H and O–H groups in total. The van der Waals surface area contributed by atoms with Crippen molar-refractivity contribution in [3.05, 3.63) is 29.9 Å². The first-order valence-electron chi connectivity index (χ1n) is 5.43. The van der Waals surface area contributed by atoms with Gasteiger partial charge in [-0.25, -0.2) is 4.21 Å². The minimum Gasteiger partial charge on any atom is -0.312 e. The Labute approximate surface area is 108 Å². The van der Waals surface area contributed by atoms with Gasteiger partial charge in [-0.15, -0.1) is 4.40 Å². The maximum Gasteiger partial charge on any atom is 0.305 e. The fourth-order valence-electron chi connectivity index (χ4n) is 1.81. The number of hydrogen-bond donors (Lipinski definition) is 0. The molecule has 2 rings (SSSR count). The first-order valence-corrected chi connectivity index (χ1v) is 6.46. The summed E-state index contributed by atoms with van der Waals surface area (Å²) in [5.41, 5.74) is 2.65. The molecule has 0 radical (unpaired) electrons. The zero-order valence-corrected chi connectivity index (χ0v) is 11.6. The van der Waals surface area contributed by atoms with E-state index < -0.39 is 11.3 Å².